The van der Waals surface area contributed by atoms with E-state index in [1.165, 1.54) is 6.92 Å². The zero-order chi connectivity index (χ0) is 15.0. The molecule has 0 aliphatic rings. The molecule has 0 spiro atoms. The summed E-state index contributed by atoms with van der Waals surface area (Å²) in [7, 11) is 0. The molecule has 0 aromatic heterocycles. The Morgan fingerprint density at radius 1 is 1.05 bits per heavy atom. The second kappa shape index (κ2) is 4.75. The van der Waals surface area contributed by atoms with Crippen LogP contribution in [0.1, 0.15) is 34.0 Å². The van der Waals surface area contributed by atoms with E-state index in [0.29, 0.717) is 6.07 Å². The van der Waals surface area contributed by atoms with Crippen molar-refractivity contribution >= 4 is 5.97 Å². The minimum atomic E-state index is -5.40. The quantitative estimate of drug-likeness (QED) is 0.835. The SMILES string of the molecule is CCc1ccc(C(=O)O)c(C(F)(F)F)c1C(F)(F)F. The third-order valence-electron chi connectivity index (χ3n) is 2.47. The number of carbonyl (C=O) groups is 1. The van der Waals surface area contributed by atoms with E-state index < -0.39 is 40.6 Å². The molecule has 8 heteroatoms. The molecule has 0 aliphatic carbocycles. The second-order valence-corrected chi connectivity index (χ2v) is 3.68. The van der Waals surface area contributed by atoms with Gasteiger partial charge >= 0.3 is 18.3 Å². The molecule has 1 aromatic carbocycles. The number of halogens is 6. The number of aromatic carboxylic acids is 1. The molecule has 0 amide bonds. The van der Waals surface area contributed by atoms with E-state index in [9.17, 15) is 31.1 Å². The smallest absolute Gasteiger partial charge is 0.417 e. The maximum absolute atomic E-state index is 12.8. The average molecular weight is 286 g/mol. The Balaban J connectivity index is 3.83. The van der Waals surface area contributed by atoms with Gasteiger partial charge in [0.1, 0.15) is 0 Å². The molecule has 1 rings (SSSR count). The van der Waals surface area contributed by atoms with Gasteiger partial charge in [-0.25, -0.2) is 4.79 Å². The lowest BCUT2D eigenvalue weighted by atomic mass is 9.93. The molecule has 19 heavy (non-hydrogen) atoms. The third-order valence-corrected chi connectivity index (χ3v) is 2.47. The first-order chi connectivity index (χ1) is 8.50. The summed E-state index contributed by atoms with van der Waals surface area (Å²) in [5, 5.41) is 8.62. The number of alkyl halides is 6. The maximum atomic E-state index is 12.8. The van der Waals surface area contributed by atoms with Crippen LogP contribution >= 0.6 is 0 Å². The highest BCUT2D eigenvalue weighted by atomic mass is 19.4. The van der Waals surface area contributed by atoms with Crippen molar-refractivity contribution in [3.8, 4) is 0 Å². The standard InChI is InChI=1S/C11H8F6O2/c1-2-5-3-4-6(9(18)19)8(11(15,16)17)7(5)10(12,13)14/h3-4H,2H2,1H3,(H,18,19). The van der Waals surface area contributed by atoms with Crippen molar-refractivity contribution in [3.05, 3.63) is 34.4 Å². The topological polar surface area (TPSA) is 37.3 Å². The first-order valence-electron chi connectivity index (χ1n) is 5.03. The van der Waals surface area contributed by atoms with Gasteiger partial charge in [0.2, 0.25) is 0 Å². The van der Waals surface area contributed by atoms with Gasteiger partial charge in [0.05, 0.1) is 16.7 Å². The fraction of sp³-hybridized carbons (Fsp3) is 0.364. The molecule has 2 nitrogen and oxygen atoms in total. The number of hydrogen-bond donors (Lipinski definition) is 1. The van der Waals surface area contributed by atoms with Gasteiger partial charge in [-0.3, -0.25) is 0 Å². The van der Waals surface area contributed by atoms with Crippen molar-refractivity contribution in [1.29, 1.82) is 0 Å². The largest absolute Gasteiger partial charge is 0.478 e. The maximum Gasteiger partial charge on any atom is 0.417 e. The van der Waals surface area contributed by atoms with Crippen molar-refractivity contribution in [1.82, 2.24) is 0 Å². The van der Waals surface area contributed by atoms with Crippen LogP contribution in [0, 0.1) is 0 Å². The molecule has 1 aromatic rings. The van der Waals surface area contributed by atoms with Crippen LogP contribution in [0.15, 0.2) is 12.1 Å². The van der Waals surface area contributed by atoms with Crippen molar-refractivity contribution < 1.29 is 36.2 Å². The molecule has 0 heterocycles. The summed E-state index contributed by atoms with van der Waals surface area (Å²) in [6.07, 6.45) is -11.0. The summed E-state index contributed by atoms with van der Waals surface area (Å²) in [4.78, 5) is 10.7. The molecule has 0 unspecified atom stereocenters. The number of carboxylic acid groups (broad SMARTS) is 1. The van der Waals surface area contributed by atoms with E-state index in [2.05, 4.69) is 0 Å². The highest BCUT2D eigenvalue weighted by Crippen LogP contribution is 2.44. The Hall–Kier alpha value is -1.73. The van der Waals surface area contributed by atoms with E-state index in [0.717, 1.165) is 6.07 Å². The predicted molar refractivity (Wildman–Crippen MR) is 52.8 cm³/mol. The van der Waals surface area contributed by atoms with E-state index in [1.807, 2.05) is 0 Å². The van der Waals surface area contributed by atoms with Gasteiger partial charge in [0.15, 0.2) is 0 Å². The highest BCUT2D eigenvalue weighted by molar-refractivity contribution is 5.90. The van der Waals surface area contributed by atoms with Gasteiger partial charge in [0, 0.05) is 0 Å². The van der Waals surface area contributed by atoms with Crippen LogP contribution < -0.4 is 0 Å². The van der Waals surface area contributed by atoms with Gasteiger partial charge in [0.25, 0.3) is 0 Å². The van der Waals surface area contributed by atoms with Gasteiger partial charge in [-0.2, -0.15) is 26.3 Å². The van der Waals surface area contributed by atoms with Crippen LogP contribution in [-0.2, 0) is 18.8 Å². The van der Waals surface area contributed by atoms with E-state index in [4.69, 9.17) is 5.11 Å². The second-order valence-electron chi connectivity index (χ2n) is 3.68. The molecule has 106 valence electrons. The summed E-state index contributed by atoms with van der Waals surface area (Å²) in [5.41, 5.74) is -6.07. The molecule has 0 radical (unpaired) electrons. The van der Waals surface area contributed by atoms with Crippen molar-refractivity contribution in [2.75, 3.05) is 0 Å². The monoisotopic (exact) mass is 286 g/mol. The Morgan fingerprint density at radius 2 is 1.53 bits per heavy atom. The molecular formula is C11H8F6O2. The van der Waals surface area contributed by atoms with Crippen LogP contribution in [0.5, 0.6) is 0 Å². The highest BCUT2D eigenvalue weighted by Gasteiger charge is 2.47. The van der Waals surface area contributed by atoms with E-state index in [1.54, 1.807) is 0 Å². The zero-order valence-corrected chi connectivity index (χ0v) is 9.49. The van der Waals surface area contributed by atoms with Gasteiger partial charge in [-0.1, -0.05) is 13.0 Å². The Labute approximate surface area is 103 Å². The number of hydrogen-bond acceptors (Lipinski definition) is 1. The van der Waals surface area contributed by atoms with Crippen molar-refractivity contribution in [3.63, 3.8) is 0 Å². The molecular weight excluding hydrogens is 278 g/mol. The summed E-state index contributed by atoms with van der Waals surface area (Å²) in [6, 6.07) is 1.29. The Bertz CT molecular complexity index is 501. The lowest BCUT2D eigenvalue weighted by molar-refractivity contribution is -0.162. The van der Waals surface area contributed by atoms with E-state index in [-0.39, 0.29) is 6.42 Å². The molecule has 0 atom stereocenters. The van der Waals surface area contributed by atoms with Crippen LogP contribution in [0.4, 0.5) is 26.3 Å². The van der Waals surface area contributed by atoms with Gasteiger partial charge in [-0.15, -0.1) is 0 Å². The van der Waals surface area contributed by atoms with E-state index >= 15 is 0 Å². The van der Waals surface area contributed by atoms with Gasteiger partial charge < -0.3 is 5.11 Å². The summed E-state index contributed by atoms with van der Waals surface area (Å²) in [5.74, 6) is -2.06. The summed E-state index contributed by atoms with van der Waals surface area (Å²) >= 11 is 0. The van der Waals surface area contributed by atoms with Crippen LogP contribution in [0.3, 0.4) is 0 Å². The minimum Gasteiger partial charge on any atom is -0.478 e. The molecule has 0 saturated carbocycles. The lowest BCUT2D eigenvalue weighted by Gasteiger charge is -2.20. The minimum absolute atomic E-state index is 0.294. The summed E-state index contributed by atoms with van der Waals surface area (Å²) < 4.78 is 76.6. The fourth-order valence-electron chi connectivity index (χ4n) is 1.74. The Morgan fingerprint density at radius 3 is 1.84 bits per heavy atom. The molecule has 0 saturated heterocycles. The Kier molecular flexibility index (Phi) is 3.83. The predicted octanol–water partition coefficient (Wildman–Crippen LogP) is 3.98. The summed E-state index contributed by atoms with van der Waals surface area (Å²) in [6.45, 7) is 1.26. The molecule has 0 fully saturated rings. The third kappa shape index (κ3) is 2.99. The average Bonchev–Trinajstić information content (AvgIpc) is 2.24. The van der Waals surface area contributed by atoms with Crippen LogP contribution in [0.25, 0.3) is 0 Å². The number of carboxylic acids is 1. The zero-order valence-electron chi connectivity index (χ0n) is 9.49. The van der Waals surface area contributed by atoms with Crippen LogP contribution in [0.2, 0.25) is 0 Å². The fourth-order valence-corrected chi connectivity index (χ4v) is 1.74. The molecule has 0 aliphatic heterocycles. The molecule has 0 bridgehead atoms. The normalized spacial score (nSPS) is 12.6. The van der Waals surface area contributed by atoms with Gasteiger partial charge in [-0.05, 0) is 18.1 Å². The number of rotatable bonds is 2. The lowest BCUT2D eigenvalue weighted by Crippen LogP contribution is -2.23. The first kappa shape index (κ1) is 15.3. The first-order valence-corrected chi connectivity index (χ1v) is 5.03. The van der Waals surface area contributed by atoms with Crippen molar-refractivity contribution in [2.24, 2.45) is 0 Å². The number of aryl methyl sites for hydroxylation is 1. The van der Waals surface area contributed by atoms with Crippen LogP contribution in [-0.4, -0.2) is 11.1 Å². The molecule has 1 N–H and O–H groups in total. The van der Waals surface area contributed by atoms with Crippen molar-refractivity contribution in [2.45, 2.75) is 25.7 Å². The number of benzene rings is 1.